The van der Waals surface area contributed by atoms with Crippen LogP contribution >= 0.6 is 0 Å². The molecule has 2 rings (SSSR count). The number of non-ortho nitro benzene ring substituents is 1. The molecule has 0 spiro atoms. The van der Waals surface area contributed by atoms with E-state index in [-0.39, 0.29) is 22.9 Å². The third kappa shape index (κ3) is 5.96. The molecule has 0 saturated heterocycles. The lowest BCUT2D eigenvalue weighted by atomic mass is 10.3. The molecule has 0 unspecified atom stereocenters. The zero-order chi connectivity index (χ0) is 19.2. The standard InChI is InChI=1S/C16H13F3N2O5/c17-16(18,19)10-26-14-7-2-1-6-13(14)20-15(22)9-25-12-5-3-4-11(8-12)21(23)24/h1-8H,9-10H2,(H,20,22). The summed E-state index contributed by atoms with van der Waals surface area (Å²) >= 11 is 0. The first-order valence-corrected chi connectivity index (χ1v) is 7.20. The Morgan fingerprint density at radius 1 is 1.12 bits per heavy atom. The number of hydrogen-bond acceptors (Lipinski definition) is 5. The van der Waals surface area contributed by atoms with Crippen molar-refractivity contribution in [3.8, 4) is 11.5 Å². The number of hydrogen-bond donors (Lipinski definition) is 1. The van der Waals surface area contributed by atoms with Gasteiger partial charge in [-0.3, -0.25) is 14.9 Å². The van der Waals surface area contributed by atoms with Gasteiger partial charge in [-0.25, -0.2) is 0 Å². The average molecular weight is 370 g/mol. The van der Waals surface area contributed by atoms with E-state index in [1.165, 1.54) is 42.5 Å². The van der Waals surface area contributed by atoms with Crippen LogP contribution in [0.3, 0.4) is 0 Å². The van der Waals surface area contributed by atoms with Crippen LogP contribution < -0.4 is 14.8 Å². The fourth-order valence-electron chi connectivity index (χ4n) is 1.88. The van der Waals surface area contributed by atoms with E-state index in [9.17, 15) is 28.1 Å². The summed E-state index contributed by atoms with van der Waals surface area (Å²) in [7, 11) is 0. The first-order valence-electron chi connectivity index (χ1n) is 7.20. The second-order valence-electron chi connectivity index (χ2n) is 4.99. The van der Waals surface area contributed by atoms with Crippen molar-refractivity contribution in [1.82, 2.24) is 0 Å². The van der Waals surface area contributed by atoms with E-state index in [1.807, 2.05) is 0 Å². The molecule has 138 valence electrons. The number of rotatable bonds is 7. The summed E-state index contributed by atoms with van der Waals surface area (Å²) in [5.41, 5.74) is -0.154. The number of amides is 1. The number of ether oxygens (including phenoxy) is 2. The summed E-state index contributed by atoms with van der Waals surface area (Å²) < 4.78 is 46.6. The van der Waals surface area contributed by atoms with Crippen LogP contribution in [0, 0.1) is 10.1 Å². The van der Waals surface area contributed by atoms with Crippen molar-refractivity contribution in [3.05, 3.63) is 58.6 Å². The van der Waals surface area contributed by atoms with Gasteiger partial charge < -0.3 is 14.8 Å². The Balaban J connectivity index is 1.96. The van der Waals surface area contributed by atoms with Crippen LogP contribution in [-0.4, -0.2) is 30.2 Å². The molecule has 2 aromatic rings. The summed E-state index contributed by atoms with van der Waals surface area (Å²) in [6.07, 6.45) is -4.51. The Labute approximate surface area is 145 Å². The number of nitrogens with one attached hydrogen (secondary N) is 1. The monoisotopic (exact) mass is 370 g/mol. The van der Waals surface area contributed by atoms with Gasteiger partial charge in [-0.05, 0) is 18.2 Å². The molecule has 0 aliphatic carbocycles. The Morgan fingerprint density at radius 2 is 1.85 bits per heavy atom. The number of para-hydroxylation sites is 2. The molecule has 26 heavy (non-hydrogen) atoms. The number of nitro benzene ring substituents is 1. The summed E-state index contributed by atoms with van der Waals surface area (Å²) in [6.45, 7) is -1.99. The van der Waals surface area contributed by atoms with Crippen molar-refractivity contribution in [3.63, 3.8) is 0 Å². The number of carbonyl (C=O) groups is 1. The summed E-state index contributed by atoms with van der Waals surface area (Å²) in [5, 5.41) is 13.0. The molecule has 0 heterocycles. The Bertz CT molecular complexity index is 795. The third-order valence-electron chi connectivity index (χ3n) is 2.95. The van der Waals surface area contributed by atoms with Crippen molar-refractivity contribution in [2.75, 3.05) is 18.5 Å². The highest BCUT2D eigenvalue weighted by molar-refractivity contribution is 5.93. The van der Waals surface area contributed by atoms with Crippen molar-refractivity contribution in [2.45, 2.75) is 6.18 Å². The SMILES string of the molecule is O=C(COc1cccc([N+](=O)[O-])c1)Nc1ccccc1OCC(F)(F)F. The largest absolute Gasteiger partial charge is 0.484 e. The van der Waals surface area contributed by atoms with Crippen LogP contribution in [0.1, 0.15) is 0 Å². The van der Waals surface area contributed by atoms with Gasteiger partial charge in [0.15, 0.2) is 13.2 Å². The Kier molecular flexibility index (Phi) is 5.99. The Hall–Kier alpha value is -3.30. The van der Waals surface area contributed by atoms with Gasteiger partial charge >= 0.3 is 6.18 Å². The van der Waals surface area contributed by atoms with E-state index < -0.39 is 30.2 Å². The van der Waals surface area contributed by atoms with Crippen LogP contribution in [0.15, 0.2) is 48.5 Å². The van der Waals surface area contributed by atoms with Crippen molar-refractivity contribution in [1.29, 1.82) is 0 Å². The topological polar surface area (TPSA) is 90.7 Å². The van der Waals surface area contributed by atoms with Crippen LogP contribution in [-0.2, 0) is 4.79 Å². The van der Waals surface area contributed by atoms with Crippen molar-refractivity contribution < 1.29 is 32.4 Å². The van der Waals surface area contributed by atoms with E-state index in [0.29, 0.717) is 0 Å². The molecule has 0 fully saturated rings. The minimum absolute atomic E-state index is 0.0457. The number of anilines is 1. The molecule has 2 aromatic carbocycles. The fraction of sp³-hybridized carbons (Fsp3) is 0.188. The maximum absolute atomic E-state index is 12.3. The van der Waals surface area contributed by atoms with E-state index in [4.69, 9.17) is 4.74 Å². The minimum atomic E-state index is -4.51. The number of nitro groups is 1. The Morgan fingerprint density at radius 3 is 2.54 bits per heavy atom. The molecule has 0 saturated carbocycles. The quantitative estimate of drug-likeness (QED) is 0.595. The number of carbonyl (C=O) groups excluding carboxylic acids is 1. The maximum atomic E-state index is 12.3. The van der Waals surface area contributed by atoms with E-state index >= 15 is 0 Å². The van der Waals surface area contributed by atoms with Gasteiger partial charge in [0.1, 0.15) is 11.5 Å². The second-order valence-corrected chi connectivity index (χ2v) is 4.99. The summed E-state index contributed by atoms with van der Waals surface area (Å²) in [5.74, 6) is -0.705. The molecule has 7 nitrogen and oxygen atoms in total. The zero-order valence-electron chi connectivity index (χ0n) is 13.2. The second kappa shape index (κ2) is 8.19. The lowest BCUT2D eigenvalue weighted by molar-refractivity contribution is -0.384. The lowest BCUT2D eigenvalue weighted by Gasteiger charge is -2.14. The van der Waals surface area contributed by atoms with Crippen molar-refractivity contribution >= 4 is 17.3 Å². The molecule has 1 amide bonds. The first kappa shape index (κ1) is 19.0. The number of benzene rings is 2. The zero-order valence-corrected chi connectivity index (χ0v) is 13.2. The molecule has 0 aliphatic rings. The molecule has 0 radical (unpaired) electrons. The van der Waals surface area contributed by atoms with Crippen LogP contribution in [0.4, 0.5) is 24.5 Å². The third-order valence-corrected chi connectivity index (χ3v) is 2.95. The number of halogens is 3. The van der Waals surface area contributed by atoms with Gasteiger partial charge in [0, 0.05) is 6.07 Å². The minimum Gasteiger partial charge on any atom is -0.484 e. The van der Waals surface area contributed by atoms with E-state index in [2.05, 4.69) is 10.1 Å². The molecular weight excluding hydrogens is 357 g/mol. The van der Waals surface area contributed by atoms with Gasteiger partial charge in [-0.2, -0.15) is 13.2 Å². The van der Waals surface area contributed by atoms with Crippen LogP contribution in [0.25, 0.3) is 0 Å². The molecule has 1 N–H and O–H groups in total. The summed E-state index contributed by atoms with van der Waals surface area (Å²) in [4.78, 5) is 22.0. The normalized spacial score (nSPS) is 10.9. The molecule has 0 atom stereocenters. The smallest absolute Gasteiger partial charge is 0.422 e. The highest BCUT2D eigenvalue weighted by Crippen LogP contribution is 2.26. The van der Waals surface area contributed by atoms with Gasteiger partial charge in [-0.15, -0.1) is 0 Å². The average Bonchev–Trinajstić information content (AvgIpc) is 2.59. The highest BCUT2D eigenvalue weighted by atomic mass is 19.4. The fourth-order valence-corrected chi connectivity index (χ4v) is 1.88. The maximum Gasteiger partial charge on any atom is 0.422 e. The van der Waals surface area contributed by atoms with Gasteiger partial charge in [-0.1, -0.05) is 18.2 Å². The van der Waals surface area contributed by atoms with Crippen LogP contribution in [0.5, 0.6) is 11.5 Å². The van der Waals surface area contributed by atoms with E-state index in [1.54, 1.807) is 0 Å². The predicted octanol–water partition coefficient (Wildman–Crippen LogP) is 3.55. The molecule has 0 bridgehead atoms. The molecule has 10 heteroatoms. The molecular formula is C16H13F3N2O5. The van der Waals surface area contributed by atoms with Crippen LogP contribution in [0.2, 0.25) is 0 Å². The molecule has 0 aliphatic heterocycles. The van der Waals surface area contributed by atoms with Gasteiger partial charge in [0.25, 0.3) is 11.6 Å². The van der Waals surface area contributed by atoms with Gasteiger partial charge in [0.2, 0.25) is 0 Å². The lowest BCUT2D eigenvalue weighted by Crippen LogP contribution is -2.22. The summed E-state index contributed by atoms with van der Waals surface area (Å²) in [6, 6.07) is 10.9. The highest BCUT2D eigenvalue weighted by Gasteiger charge is 2.28. The number of nitrogens with zero attached hydrogens (tertiary/aromatic N) is 1. The molecule has 0 aromatic heterocycles. The van der Waals surface area contributed by atoms with E-state index in [0.717, 1.165) is 6.07 Å². The van der Waals surface area contributed by atoms with Crippen molar-refractivity contribution in [2.24, 2.45) is 0 Å². The van der Waals surface area contributed by atoms with Gasteiger partial charge in [0.05, 0.1) is 16.7 Å². The first-order chi connectivity index (χ1) is 12.2. The predicted molar refractivity (Wildman–Crippen MR) is 85.2 cm³/mol. The number of alkyl halides is 3.